The summed E-state index contributed by atoms with van der Waals surface area (Å²) in [5.41, 5.74) is -0.482. The van der Waals surface area contributed by atoms with Gasteiger partial charge in [-0.15, -0.1) is 0 Å². The van der Waals surface area contributed by atoms with Gasteiger partial charge in [-0.25, -0.2) is 0 Å². The topological polar surface area (TPSA) is 38.3 Å². The molecular weight excluding hydrogens is 222 g/mol. The van der Waals surface area contributed by atoms with Crippen molar-refractivity contribution in [3.05, 3.63) is 0 Å². The first kappa shape index (κ1) is 13.8. The van der Waals surface area contributed by atoms with Gasteiger partial charge in [-0.05, 0) is 44.1 Å². The summed E-state index contributed by atoms with van der Waals surface area (Å²) >= 11 is 1.92. The van der Waals surface area contributed by atoms with E-state index < -0.39 is 5.54 Å². The van der Waals surface area contributed by atoms with Gasteiger partial charge in [-0.1, -0.05) is 6.92 Å². The van der Waals surface area contributed by atoms with Crippen LogP contribution < -0.4 is 5.32 Å². The Hall–Kier alpha value is -0.220. The van der Waals surface area contributed by atoms with E-state index in [4.69, 9.17) is 4.74 Å². The first-order valence-electron chi connectivity index (χ1n) is 6.06. The van der Waals surface area contributed by atoms with Gasteiger partial charge in [0, 0.05) is 6.04 Å². The number of carbonyl (C=O) groups excluding carboxylic acids is 1. The molecule has 94 valence electrons. The summed E-state index contributed by atoms with van der Waals surface area (Å²) in [6.45, 7) is 4.13. The van der Waals surface area contributed by atoms with Crippen LogP contribution in [0.15, 0.2) is 0 Å². The Labute approximate surface area is 103 Å². The van der Waals surface area contributed by atoms with Crippen LogP contribution >= 0.6 is 11.8 Å². The lowest BCUT2D eigenvalue weighted by Crippen LogP contribution is -2.51. The van der Waals surface area contributed by atoms with Gasteiger partial charge in [0.05, 0.1) is 7.11 Å². The van der Waals surface area contributed by atoms with E-state index in [0.717, 1.165) is 24.3 Å². The molecule has 1 N–H and O–H groups in total. The SMILES string of the molecule is CCSCCCC(C)(NC1CC1)C(=O)OC. The van der Waals surface area contributed by atoms with Crippen LogP contribution in [-0.4, -0.2) is 36.2 Å². The number of thioether (sulfide) groups is 1. The second-order valence-corrected chi connectivity index (χ2v) is 5.94. The number of hydrogen-bond acceptors (Lipinski definition) is 4. The Bertz CT molecular complexity index is 231. The van der Waals surface area contributed by atoms with Crippen molar-refractivity contribution in [3.63, 3.8) is 0 Å². The molecule has 0 aromatic carbocycles. The van der Waals surface area contributed by atoms with Crippen LogP contribution in [0.3, 0.4) is 0 Å². The number of methoxy groups -OCH3 is 1. The van der Waals surface area contributed by atoms with E-state index in [0.29, 0.717) is 6.04 Å². The van der Waals surface area contributed by atoms with Gasteiger partial charge in [0.15, 0.2) is 0 Å². The third-order valence-corrected chi connectivity index (χ3v) is 3.89. The van der Waals surface area contributed by atoms with Crippen molar-refractivity contribution >= 4 is 17.7 Å². The minimum Gasteiger partial charge on any atom is -0.468 e. The summed E-state index contributed by atoms with van der Waals surface area (Å²) < 4.78 is 4.89. The zero-order valence-electron chi connectivity index (χ0n) is 10.5. The Morgan fingerprint density at radius 1 is 1.56 bits per heavy atom. The fourth-order valence-corrected chi connectivity index (χ4v) is 2.45. The van der Waals surface area contributed by atoms with Crippen LogP contribution in [0.1, 0.15) is 39.5 Å². The van der Waals surface area contributed by atoms with Gasteiger partial charge >= 0.3 is 5.97 Å². The number of nitrogens with one attached hydrogen (secondary N) is 1. The first-order chi connectivity index (χ1) is 7.62. The number of ether oxygens (including phenoxy) is 1. The summed E-state index contributed by atoms with van der Waals surface area (Å²) in [7, 11) is 1.47. The maximum atomic E-state index is 11.8. The van der Waals surface area contributed by atoms with E-state index in [1.54, 1.807) is 0 Å². The normalized spacial score (nSPS) is 19.2. The molecule has 16 heavy (non-hydrogen) atoms. The maximum absolute atomic E-state index is 11.8. The highest BCUT2D eigenvalue weighted by Gasteiger charge is 2.38. The smallest absolute Gasteiger partial charge is 0.325 e. The van der Waals surface area contributed by atoms with Gasteiger partial charge in [0.2, 0.25) is 0 Å². The lowest BCUT2D eigenvalue weighted by molar-refractivity contribution is -0.148. The van der Waals surface area contributed by atoms with E-state index in [2.05, 4.69) is 12.2 Å². The zero-order valence-corrected chi connectivity index (χ0v) is 11.4. The minimum atomic E-state index is -0.482. The summed E-state index contributed by atoms with van der Waals surface area (Å²) in [6, 6.07) is 0.530. The van der Waals surface area contributed by atoms with Gasteiger partial charge in [0.1, 0.15) is 5.54 Å². The molecule has 1 rings (SSSR count). The van der Waals surface area contributed by atoms with Crippen LogP contribution in [0.2, 0.25) is 0 Å². The average Bonchev–Trinajstić information content (AvgIpc) is 3.07. The quantitative estimate of drug-likeness (QED) is 0.525. The molecule has 1 unspecified atom stereocenters. The van der Waals surface area contributed by atoms with E-state index in [9.17, 15) is 4.79 Å². The standard InChI is InChI=1S/C12H23NO2S/c1-4-16-9-5-8-12(2,11(14)15-3)13-10-6-7-10/h10,13H,4-9H2,1-3H3. The predicted molar refractivity (Wildman–Crippen MR) is 68.8 cm³/mol. The molecule has 0 bridgehead atoms. The fourth-order valence-electron chi connectivity index (χ4n) is 1.81. The van der Waals surface area contributed by atoms with Crippen molar-refractivity contribution in [2.24, 2.45) is 0 Å². The first-order valence-corrected chi connectivity index (χ1v) is 7.21. The van der Waals surface area contributed by atoms with E-state index >= 15 is 0 Å². The number of carbonyl (C=O) groups is 1. The highest BCUT2D eigenvalue weighted by Crippen LogP contribution is 2.26. The summed E-state index contributed by atoms with van der Waals surface area (Å²) in [5.74, 6) is 2.14. The summed E-state index contributed by atoms with van der Waals surface area (Å²) in [6.07, 6.45) is 4.31. The molecule has 0 aromatic rings. The largest absolute Gasteiger partial charge is 0.468 e. The lowest BCUT2D eigenvalue weighted by Gasteiger charge is -2.28. The Balaban J connectivity index is 2.38. The van der Waals surface area contributed by atoms with Gasteiger partial charge in [-0.3, -0.25) is 10.1 Å². The Morgan fingerprint density at radius 2 is 2.25 bits per heavy atom. The van der Waals surface area contributed by atoms with E-state index in [1.165, 1.54) is 20.0 Å². The molecule has 0 aliphatic heterocycles. The molecule has 3 nitrogen and oxygen atoms in total. The minimum absolute atomic E-state index is 0.124. The highest BCUT2D eigenvalue weighted by atomic mass is 32.2. The summed E-state index contributed by atoms with van der Waals surface area (Å²) in [4.78, 5) is 11.8. The number of rotatable bonds is 8. The average molecular weight is 245 g/mol. The monoisotopic (exact) mass is 245 g/mol. The van der Waals surface area contributed by atoms with Crippen LogP contribution in [0.25, 0.3) is 0 Å². The molecule has 1 aliphatic carbocycles. The van der Waals surface area contributed by atoms with Gasteiger partial charge < -0.3 is 4.74 Å². The molecule has 0 spiro atoms. The lowest BCUT2D eigenvalue weighted by atomic mass is 9.96. The third kappa shape index (κ3) is 4.34. The highest BCUT2D eigenvalue weighted by molar-refractivity contribution is 7.99. The van der Waals surface area contributed by atoms with Crippen LogP contribution in [0.5, 0.6) is 0 Å². The van der Waals surface area contributed by atoms with Crippen LogP contribution in [0, 0.1) is 0 Å². The molecule has 1 saturated carbocycles. The summed E-state index contributed by atoms with van der Waals surface area (Å²) in [5, 5.41) is 3.41. The van der Waals surface area contributed by atoms with Crippen molar-refractivity contribution in [2.45, 2.75) is 51.1 Å². The zero-order chi connectivity index (χ0) is 12.0. The molecule has 1 aliphatic rings. The van der Waals surface area contributed by atoms with Crippen molar-refractivity contribution < 1.29 is 9.53 Å². The third-order valence-electron chi connectivity index (χ3n) is 2.91. The van der Waals surface area contributed by atoms with Crippen LogP contribution in [-0.2, 0) is 9.53 Å². The van der Waals surface area contributed by atoms with E-state index in [1.807, 2.05) is 18.7 Å². The van der Waals surface area contributed by atoms with Gasteiger partial charge in [-0.2, -0.15) is 11.8 Å². The van der Waals surface area contributed by atoms with Gasteiger partial charge in [0.25, 0.3) is 0 Å². The molecule has 4 heteroatoms. The number of esters is 1. The predicted octanol–water partition coefficient (Wildman–Crippen LogP) is 2.20. The molecular formula is C12H23NO2S. The fraction of sp³-hybridized carbons (Fsp3) is 0.917. The van der Waals surface area contributed by atoms with Crippen molar-refractivity contribution in [3.8, 4) is 0 Å². The molecule has 1 atom stereocenters. The van der Waals surface area contributed by atoms with Crippen molar-refractivity contribution in [2.75, 3.05) is 18.6 Å². The Morgan fingerprint density at radius 3 is 2.75 bits per heavy atom. The van der Waals surface area contributed by atoms with E-state index in [-0.39, 0.29) is 5.97 Å². The number of hydrogen-bond donors (Lipinski definition) is 1. The molecule has 0 radical (unpaired) electrons. The molecule has 0 aromatic heterocycles. The second-order valence-electron chi connectivity index (χ2n) is 4.54. The molecule has 0 saturated heterocycles. The molecule has 0 heterocycles. The maximum Gasteiger partial charge on any atom is 0.325 e. The van der Waals surface area contributed by atoms with Crippen molar-refractivity contribution in [1.82, 2.24) is 5.32 Å². The van der Waals surface area contributed by atoms with Crippen LogP contribution in [0.4, 0.5) is 0 Å². The Kier molecular flexibility index (Phi) is 5.62. The molecule has 0 amide bonds. The second kappa shape index (κ2) is 6.50. The van der Waals surface area contributed by atoms with Crippen molar-refractivity contribution in [1.29, 1.82) is 0 Å². The molecule has 1 fully saturated rings.